The molecule has 2 N–H and O–H groups in total. The summed E-state index contributed by atoms with van der Waals surface area (Å²) in [4.78, 5) is 0. The fourth-order valence-corrected chi connectivity index (χ4v) is 2.18. The molecule has 15 heavy (non-hydrogen) atoms. The van der Waals surface area contributed by atoms with Crippen molar-refractivity contribution in [3.8, 4) is 0 Å². The van der Waals surface area contributed by atoms with E-state index in [-0.39, 0.29) is 0 Å². The highest BCUT2D eigenvalue weighted by atomic mass is 35.5. The van der Waals surface area contributed by atoms with E-state index < -0.39 is 12.0 Å². The second-order valence-electron chi connectivity index (χ2n) is 3.54. The van der Waals surface area contributed by atoms with E-state index >= 15 is 0 Å². The Kier molecular flexibility index (Phi) is 2.92. The van der Waals surface area contributed by atoms with E-state index in [0.29, 0.717) is 16.7 Å². The molecule has 0 saturated carbocycles. The molecule has 0 aliphatic carbocycles. The molecular formula is C10H11Cl2NO2. The van der Waals surface area contributed by atoms with Crippen LogP contribution in [0.3, 0.4) is 0 Å². The lowest BCUT2D eigenvalue weighted by molar-refractivity contribution is -0.161. The number of hydrogen-bond acceptors (Lipinski definition) is 3. The van der Waals surface area contributed by atoms with E-state index in [2.05, 4.69) is 0 Å². The topological polar surface area (TPSA) is 44.5 Å². The second-order valence-corrected chi connectivity index (χ2v) is 4.38. The van der Waals surface area contributed by atoms with Crippen molar-refractivity contribution in [3.05, 3.63) is 33.8 Å². The number of benzene rings is 1. The molecule has 1 aromatic carbocycles. The van der Waals surface area contributed by atoms with Gasteiger partial charge in [0.15, 0.2) is 5.79 Å². The zero-order valence-electron chi connectivity index (χ0n) is 8.17. The van der Waals surface area contributed by atoms with Crippen molar-refractivity contribution in [1.29, 1.82) is 0 Å². The van der Waals surface area contributed by atoms with Gasteiger partial charge < -0.3 is 15.2 Å². The summed E-state index contributed by atoms with van der Waals surface area (Å²) in [5, 5.41) is 1.09. The van der Waals surface area contributed by atoms with Crippen molar-refractivity contribution < 1.29 is 9.47 Å². The van der Waals surface area contributed by atoms with E-state index in [9.17, 15) is 0 Å². The average molecular weight is 248 g/mol. The Balaban J connectivity index is 2.37. The van der Waals surface area contributed by atoms with E-state index in [4.69, 9.17) is 38.4 Å². The van der Waals surface area contributed by atoms with Crippen LogP contribution in [0.5, 0.6) is 0 Å². The van der Waals surface area contributed by atoms with Crippen LogP contribution in [-0.4, -0.2) is 12.8 Å². The van der Waals surface area contributed by atoms with Crippen molar-refractivity contribution in [1.82, 2.24) is 0 Å². The van der Waals surface area contributed by atoms with Gasteiger partial charge in [-0.2, -0.15) is 0 Å². The first-order valence-corrected chi connectivity index (χ1v) is 5.30. The van der Waals surface area contributed by atoms with Gasteiger partial charge in [-0.1, -0.05) is 29.3 Å². The molecule has 1 saturated heterocycles. The molecule has 0 spiro atoms. The number of hydrogen-bond donors (Lipinski definition) is 1. The first kappa shape index (κ1) is 11.2. The summed E-state index contributed by atoms with van der Waals surface area (Å²) >= 11 is 11.9. The zero-order valence-corrected chi connectivity index (χ0v) is 9.68. The Morgan fingerprint density at radius 3 is 2.73 bits per heavy atom. The highest BCUT2D eigenvalue weighted by Crippen LogP contribution is 2.37. The van der Waals surface area contributed by atoms with Gasteiger partial charge in [0.1, 0.15) is 6.23 Å². The lowest BCUT2D eigenvalue weighted by Gasteiger charge is -2.24. The van der Waals surface area contributed by atoms with Crippen LogP contribution in [0.15, 0.2) is 18.2 Å². The molecule has 82 valence electrons. The van der Waals surface area contributed by atoms with Gasteiger partial charge in [0.2, 0.25) is 0 Å². The monoisotopic (exact) mass is 247 g/mol. The second kappa shape index (κ2) is 3.92. The molecule has 1 aromatic rings. The Morgan fingerprint density at radius 2 is 2.20 bits per heavy atom. The molecule has 1 aliphatic heterocycles. The van der Waals surface area contributed by atoms with Crippen LogP contribution in [0.25, 0.3) is 0 Å². The van der Waals surface area contributed by atoms with Crippen LogP contribution >= 0.6 is 23.2 Å². The molecule has 3 nitrogen and oxygen atoms in total. The molecule has 0 amide bonds. The number of rotatable bonds is 1. The Labute approximate surface area is 98.1 Å². The van der Waals surface area contributed by atoms with Crippen LogP contribution in [0.4, 0.5) is 0 Å². The lowest BCUT2D eigenvalue weighted by atomic mass is 10.1. The van der Waals surface area contributed by atoms with Crippen molar-refractivity contribution in [2.24, 2.45) is 5.73 Å². The first-order chi connectivity index (χ1) is 7.01. The van der Waals surface area contributed by atoms with E-state index in [0.717, 1.165) is 5.56 Å². The van der Waals surface area contributed by atoms with Gasteiger partial charge in [-0.15, -0.1) is 0 Å². The van der Waals surface area contributed by atoms with Crippen LogP contribution in [-0.2, 0) is 15.3 Å². The third-order valence-electron chi connectivity index (χ3n) is 2.32. The van der Waals surface area contributed by atoms with Crippen LogP contribution in [0.2, 0.25) is 10.0 Å². The molecule has 2 atom stereocenters. The quantitative estimate of drug-likeness (QED) is 0.830. The van der Waals surface area contributed by atoms with Gasteiger partial charge in [-0.3, -0.25) is 0 Å². The van der Waals surface area contributed by atoms with Crippen molar-refractivity contribution in [2.75, 3.05) is 6.61 Å². The van der Waals surface area contributed by atoms with Crippen molar-refractivity contribution >= 4 is 23.2 Å². The first-order valence-electron chi connectivity index (χ1n) is 4.54. The fourth-order valence-electron chi connectivity index (χ4n) is 1.60. The minimum absolute atomic E-state index is 0.357. The summed E-state index contributed by atoms with van der Waals surface area (Å²) in [6.45, 7) is 2.14. The fraction of sp³-hybridized carbons (Fsp3) is 0.400. The highest BCUT2D eigenvalue weighted by Gasteiger charge is 2.38. The normalized spacial score (nSPS) is 30.8. The lowest BCUT2D eigenvalue weighted by Crippen LogP contribution is -2.27. The molecule has 2 unspecified atom stereocenters. The van der Waals surface area contributed by atoms with Crippen LogP contribution < -0.4 is 5.73 Å². The van der Waals surface area contributed by atoms with Gasteiger partial charge in [0.05, 0.1) is 11.6 Å². The molecule has 1 fully saturated rings. The number of halogens is 2. The molecule has 0 aromatic heterocycles. The molecule has 0 radical (unpaired) electrons. The van der Waals surface area contributed by atoms with Crippen LogP contribution in [0, 0.1) is 0 Å². The number of ether oxygens (including phenoxy) is 2. The SMILES string of the molecule is CC1(c2ccc(Cl)cc2Cl)OCC(N)O1. The average Bonchev–Trinajstić information content (AvgIpc) is 2.46. The maximum Gasteiger partial charge on any atom is 0.195 e. The van der Waals surface area contributed by atoms with Crippen molar-refractivity contribution in [2.45, 2.75) is 18.9 Å². The molecule has 0 bridgehead atoms. The summed E-state index contributed by atoms with van der Waals surface area (Å²) in [5.74, 6) is -0.874. The summed E-state index contributed by atoms with van der Waals surface area (Å²) in [6, 6.07) is 5.17. The molecule has 1 heterocycles. The Hall–Kier alpha value is -0.320. The van der Waals surface area contributed by atoms with Crippen LogP contribution in [0.1, 0.15) is 12.5 Å². The summed E-state index contributed by atoms with van der Waals surface area (Å²) in [6.07, 6.45) is -0.415. The zero-order chi connectivity index (χ0) is 11.1. The molecule has 1 aliphatic rings. The predicted molar refractivity (Wildman–Crippen MR) is 58.8 cm³/mol. The number of nitrogens with two attached hydrogens (primary N) is 1. The predicted octanol–water partition coefficient (Wildman–Crippen LogP) is 2.50. The van der Waals surface area contributed by atoms with E-state index in [1.165, 1.54) is 0 Å². The van der Waals surface area contributed by atoms with Gasteiger partial charge in [0.25, 0.3) is 0 Å². The van der Waals surface area contributed by atoms with Gasteiger partial charge in [0, 0.05) is 10.6 Å². The summed E-state index contributed by atoms with van der Waals surface area (Å²) in [7, 11) is 0. The molecule has 2 rings (SSSR count). The minimum Gasteiger partial charge on any atom is -0.342 e. The van der Waals surface area contributed by atoms with E-state index in [1.807, 2.05) is 0 Å². The highest BCUT2D eigenvalue weighted by molar-refractivity contribution is 6.35. The third-order valence-corrected chi connectivity index (χ3v) is 2.87. The third kappa shape index (κ3) is 2.12. The van der Waals surface area contributed by atoms with E-state index in [1.54, 1.807) is 25.1 Å². The molecular weight excluding hydrogens is 237 g/mol. The summed E-state index contributed by atoms with van der Waals surface area (Å²) in [5.41, 5.74) is 6.35. The Bertz CT molecular complexity index is 386. The minimum atomic E-state index is -0.874. The maximum absolute atomic E-state index is 6.06. The summed E-state index contributed by atoms with van der Waals surface area (Å²) < 4.78 is 11.0. The standard InChI is InChI=1S/C10H11Cl2NO2/c1-10(14-5-9(13)15-10)7-3-2-6(11)4-8(7)12/h2-4,9H,5,13H2,1H3. The smallest absolute Gasteiger partial charge is 0.195 e. The Morgan fingerprint density at radius 1 is 1.47 bits per heavy atom. The largest absolute Gasteiger partial charge is 0.342 e. The van der Waals surface area contributed by atoms with Gasteiger partial charge in [-0.25, -0.2) is 0 Å². The molecule has 5 heteroatoms. The van der Waals surface area contributed by atoms with Gasteiger partial charge in [-0.05, 0) is 19.1 Å². The maximum atomic E-state index is 6.06. The van der Waals surface area contributed by atoms with Crippen molar-refractivity contribution in [3.63, 3.8) is 0 Å². The van der Waals surface area contributed by atoms with Gasteiger partial charge >= 0.3 is 0 Å².